The van der Waals surface area contributed by atoms with Crippen molar-refractivity contribution in [2.75, 3.05) is 4.90 Å². The van der Waals surface area contributed by atoms with Crippen LogP contribution in [0.4, 0.5) is 5.69 Å². The highest BCUT2D eigenvalue weighted by Crippen LogP contribution is 2.58. The number of rotatable bonds is 3. The summed E-state index contributed by atoms with van der Waals surface area (Å²) in [6.45, 7) is 1.98. The quantitative estimate of drug-likeness (QED) is 0.422. The van der Waals surface area contributed by atoms with Gasteiger partial charge in [0.15, 0.2) is 0 Å². The number of amides is 2. The number of carbonyl (C=O) groups excluding carboxylic acids is 2. The van der Waals surface area contributed by atoms with Gasteiger partial charge < -0.3 is 0 Å². The summed E-state index contributed by atoms with van der Waals surface area (Å²) in [5.41, 5.74) is 6.35. The summed E-state index contributed by atoms with van der Waals surface area (Å²) in [4.78, 5) is 28.6. The lowest BCUT2D eigenvalue weighted by molar-refractivity contribution is -0.122. The van der Waals surface area contributed by atoms with Crippen molar-refractivity contribution in [1.29, 1.82) is 0 Å². The summed E-state index contributed by atoms with van der Waals surface area (Å²) in [7, 11) is 0. The molecule has 3 aliphatic rings. The Morgan fingerprint density at radius 2 is 1.22 bits per heavy atom. The Bertz CT molecular complexity index is 1210. The Balaban J connectivity index is 1.49. The van der Waals surface area contributed by atoms with Gasteiger partial charge in [-0.2, -0.15) is 0 Å². The molecule has 0 radical (unpaired) electrons. The van der Waals surface area contributed by atoms with Crippen molar-refractivity contribution in [2.45, 2.75) is 6.92 Å². The molecule has 32 heavy (non-hydrogen) atoms. The van der Waals surface area contributed by atoms with Crippen LogP contribution in [0.5, 0.6) is 0 Å². The van der Waals surface area contributed by atoms with E-state index in [0.717, 1.165) is 22.3 Å². The fourth-order valence-corrected chi connectivity index (χ4v) is 5.83. The number of hydrogen-bond donors (Lipinski definition) is 0. The summed E-state index contributed by atoms with van der Waals surface area (Å²) in [5, 5.41) is 0. The molecular formula is C29H23NO2. The maximum Gasteiger partial charge on any atom is 0.238 e. The van der Waals surface area contributed by atoms with E-state index < -0.39 is 0 Å². The van der Waals surface area contributed by atoms with Crippen LogP contribution >= 0.6 is 0 Å². The predicted molar refractivity (Wildman–Crippen MR) is 126 cm³/mol. The normalized spacial score (nSPS) is 25.5. The number of benzene rings is 3. The first-order valence-corrected chi connectivity index (χ1v) is 11.1. The highest BCUT2D eigenvalue weighted by Gasteiger charge is 2.62. The zero-order valence-corrected chi connectivity index (χ0v) is 17.8. The summed E-state index contributed by atoms with van der Waals surface area (Å²) < 4.78 is 0. The van der Waals surface area contributed by atoms with Gasteiger partial charge in [-0.05, 0) is 46.9 Å². The molecular weight excluding hydrogens is 394 g/mol. The SMILES string of the molecule is Cc1cccc(N2C(=O)[C@@H]3[C@@H](C2=O)[C@@H]2C=C[C@@H]3C2=C(c2ccccc2)c2ccccc2)c1. The van der Waals surface area contributed by atoms with Gasteiger partial charge in [0.25, 0.3) is 0 Å². The molecule has 3 aromatic rings. The van der Waals surface area contributed by atoms with E-state index in [9.17, 15) is 9.59 Å². The van der Waals surface area contributed by atoms with Crippen LogP contribution in [0.3, 0.4) is 0 Å². The van der Waals surface area contributed by atoms with Crippen molar-refractivity contribution >= 4 is 23.1 Å². The molecule has 3 aromatic carbocycles. The number of carbonyl (C=O) groups is 2. The number of nitrogens with zero attached hydrogens (tertiary/aromatic N) is 1. The van der Waals surface area contributed by atoms with Crippen LogP contribution in [0.25, 0.3) is 5.57 Å². The lowest BCUT2D eigenvalue weighted by Gasteiger charge is -2.21. The van der Waals surface area contributed by atoms with Gasteiger partial charge in [0, 0.05) is 11.8 Å². The molecule has 0 N–H and O–H groups in total. The maximum absolute atomic E-state index is 13.6. The van der Waals surface area contributed by atoms with Gasteiger partial charge in [-0.15, -0.1) is 0 Å². The van der Waals surface area contributed by atoms with Crippen LogP contribution in [0.2, 0.25) is 0 Å². The zero-order valence-electron chi connectivity index (χ0n) is 17.8. The van der Waals surface area contributed by atoms with E-state index in [-0.39, 0.29) is 35.5 Å². The van der Waals surface area contributed by atoms with Crippen molar-refractivity contribution in [3.8, 4) is 0 Å². The van der Waals surface area contributed by atoms with Crippen LogP contribution in [0, 0.1) is 30.6 Å². The average molecular weight is 418 g/mol. The van der Waals surface area contributed by atoms with Gasteiger partial charge in [0.2, 0.25) is 11.8 Å². The van der Waals surface area contributed by atoms with Crippen LogP contribution in [-0.2, 0) is 9.59 Å². The summed E-state index contributed by atoms with van der Waals surface area (Å²) in [5.74, 6) is -0.884. The molecule has 0 unspecified atom stereocenters. The molecule has 6 rings (SSSR count). The summed E-state index contributed by atoms with van der Waals surface area (Å²) >= 11 is 0. The van der Waals surface area contributed by atoms with Gasteiger partial charge in [-0.1, -0.05) is 84.9 Å². The minimum absolute atomic E-state index is 0.0494. The molecule has 1 saturated heterocycles. The van der Waals surface area contributed by atoms with E-state index in [2.05, 4.69) is 36.4 Å². The molecule has 156 valence electrons. The maximum atomic E-state index is 13.6. The summed E-state index contributed by atoms with van der Waals surface area (Å²) in [6.07, 6.45) is 4.30. The van der Waals surface area contributed by atoms with Gasteiger partial charge in [0.1, 0.15) is 0 Å². The molecule has 1 saturated carbocycles. The molecule has 1 heterocycles. The predicted octanol–water partition coefficient (Wildman–Crippen LogP) is 5.42. The standard InChI is InChI=1S/C29H23NO2/c1-18-9-8-14-21(17-18)30-28(31)26-22-15-16-23(27(26)29(30)32)25(22)24(19-10-4-2-5-11-19)20-12-6-3-7-13-20/h2-17,22-23,26-27H,1H3/t22-,23-,26+,27+/m1/s1. The largest absolute Gasteiger partial charge is 0.274 e. The topological polar surface area (TPSA) is 37.4 Å². The van der Waals surface area contributed by atoms with Crippen molar-refractivity contribution in [2.24, 2.45) is 23.7 Å². The lowest BCUT2D eigenvalue weighted by atomic mass is 9.85. The van der Waals surface area contributed by atoms with Crippen LogP contribution in [-0.4, -0.2) is 11.8 Å². The minimum atomic E-state index is -0.324. The van der Waals surface area contributed by atoms with Crippen molar-refractivity contribution in [3.05, 3.63) is 119 Å². The molecule has 0 aromatic heterocycles. The first kappa shape index (κ1) is 19.0. The second-order valence-corrected chi connectivity index (χ2v) is 8.90. The number of fused-ring (bicyclic) bond motifs is 5. The highest BCUT2D eigenvalue weighted by molar-refractivity contribution is 6.23. The van der Waals surface area contributed by atoms with E-state index in [4.69, 9.17) is 0 Å². The van der Waals surface area contributed by atoms with E-state index in [1.165, 1.54) is 10.5 Å². The molecule has 0 spiro atoms. The Morgan fingerprint density at radius 3 is 1.72 bits per heavy atom. The van der Waals surface area contributed by atoms with Crippen molar-refractivity contribution < 1.29 is 9.59 Å². The third-order valence-electron chi connectivity index (χ3n) is 7.09. The van der Waals surface area contributed by atoms with E-state index in [0.29, 0.717) is 5.69 Å². The lowest BCUT2D eigenvalue weighted by Crippen LogP contribution is -2.33. The molecule has 2 aliphatic carbocycles. The molecule has 1 aliphatic heterocycles. The van der Waals surface area contributed by atoms with Gasteiger partial charge >= 0.3 is 0 Å². The number of anilines is 1. The molecule has 3 heteroatoms. The van der Waals surface area contributed by atoms with Gasteiger partial charge in [0.05, 0.1) is 17.5 Å². The minimum Gasteiger partial charge on any atom is -0.274 e. The second kappa shape index (κ2) is 7.16. The Morgan fingerprint density at radius 1 is 0.688 bits per heavy atom. The third kappa shape index (κ3) is 2.67. The second-order valence-electron chi connectivity index (χ2n) is 8.90. The first-order chi connectivity index (χ1) is 15.6. The van der Waals surface area contributed by atoms with Crippen molar-refractivity contribution in [3.63, 3.8) is 0 Å². The molecule has 2 fully saturated rings. The molecule has 2 amide bonds. The fraction of sp³-hybridized carbons (Fsp3) is 0.172. The number of imide groups is 1. The van der Waals surface area contributed by atoms with Gasteiger partial charge in [-0.3, -0.25) is 9.59 Å². The first-order valence-electron chi connectivity index (χ1n) is 11.1. The van der Waals surface area contributed by atoms with E-state index in [1.807, 2.05) is 67.6 Å². The van der Waals surface area contributed by atoms with E-state index in [1.54, 1.807) is 0 Å². The number of allylic oxidation sites excluding steroid dienone is 3. The van der Waals surface area contributed by atoms with Crippen molar-refractivity contribution in [1.82, 2.24) is 0 Å². The Labute approximate surface area is 187 Å². The zero-order chi connectivity index (χ0) is 21.8. The monoisotopic (exact) mass is 417 g/mol. The van der Waals surface area contributed by atoms with Gasteiger partial charge in [-0.25, -0.2) is 4.90 Å². The third-order valence-corrected chi connectivity index (χ3v) is 7.09. The smallest absolute Gasteiger partial charge is 0.238 e. The van der Waals surface area contributed by atoms with Crippen LogP contribution < -0.4 is 4.90 Å². The molecule has 2 bridgehead atoms. The Hall–Kier alpha value is -3.72. The number of aryl methyl sites for hydroxylation is 1. The molecule has 4 atom stereocenters. The molecule has 3 nitrogen and oxygen atoms in total. The van der Waals surface area contributed by atoms with Crippen LogP contribution in [0.15, 0.2) is 103 Å². The number of hydrogen-bond acceptors (Lipinski definition) is 2. The van der Waals surface area contributed by atoms with E-state index >= 15 is 0 Å². The highest BCUT2D eigenvalue weighted by atomic mass is 16.2. The van der Waals surface area contributed by atoms with Crippen LogP contribution in [0.1, 0.15) is 16.7 Å². The fourth-order valence-electron chi connectivity index (χ4n) is 5.83. The summed E-state index contributed by atoms with van der Waals surface area (Å²) in [6, 6.07) is 28.3. The average Bonchev–Trinajstić information content (AvgIpc) is 3.45. The Kier molecular flexibility index (Phi) is 4.25.